The van der Waals surface area contributed by atoms with E-state index in [0.29, 0.717) is 5.82 Å². The zero-order valence-corrected chi connectivity index (χ0v) is 14.0. The topological polar surface area (TPSA) is 75.0 Å². The van der Waals surface area contributed by atoms with E-state index >= 15 is 0 Å². The number of aliphatic hydroxyl groups excluding tert-OH is 1. The van der Waals surface area contributed by atoms with E-state index < -0.39 is 6.10 Å². The van der Waals surface area contributed by atoms with Gasteiger partial charge in [0.25, 0.3) is 0 Å². The molecule has 4 rings (SSSR count). The van der Waals surface area contributed by atoms with Crippen molar-refractivity contribution in [3.63, 3.8) is 0 Å². The Balaban J connectivity index is 1.63. The molecule has 0 aliphatic carbocycles. The summed E-state index contributed by atoms with van der Waals surface area (Å²) >= 11 is 0. The fraction of sp³-hybridized carbons (Fsp3) is 0.263. The second-order valence-corrected chi connectivity index (χ2v) is 6.23. The molecule has 3 aromatic rings. The van der Waals surface area contributed by atoms with E-state index in [1.165, 1.54) is 11.1 Å². The average molecular weight is 333 g/mol. The molecule has 1 N–H and O–H groups in total. The predicted molar refractivity (Wildman–Crippen MR) is 94.9 cm³/mol. The lowest BCUT2D eigenvalue weighted by Crippen LogP contribution is -2.31. The third-order valence-corrected chi connectivity index (χ3v) is 4.47. The molecular formula is C19H19N5O. The van der Waals surface area contributed by atoms with Gasteiger partial charge in [0, 0.05) is 37.2 Å². The maximum atomic E-state index is 9.71. The molecule has 0 amide bonds. The van der Waals surface area contributed by atoms with Crippen molar-refractivity contribution >= 4 is 5.82 Å². The fourth-order valence-electron chi connectivity index (χ4n) is 3.12. The first-order valence-corrected chi connectivity index (χ1v) is 8.34. The van der Waals surface area contributed by atoms with Crippen molar-refractivity contribution in [3.8, 4) is 11.1 Å². The van der Waals surface area contributed by atoms with Crippen LogP contribution in [0.2, 0.25) is 0 Å². The Kier molecular flexibility index (Phi) is 4.11. The third kappa shape index (κ3) is 3.21. The van der Waals surface area contributed by atoms with Crippen LogP contribution in [-0.2, 0) is 13.0 Å². The highest BCUT2D eigenvalue weighted by molar-refractivity contribution is 5.64. The minimum atomic E-state index is -0.665. The first kappa shape index (κ1) is 15.7. The van der Waals surface area contributed by atoms with Gasteiger partial charge in [0.2, 0.25) is 0 Å². The van der Waals surface area contributed by atoms with Crippen LogP contribution in [0.25, 0.3) is 11.1 Å². The molecule has 25 heavy (non-hydrogen) atoms. The molecule has 0 radical (unpaired) electrons. The molecule has 6 heteroatoms. The molecule has 1 unspecified atom stereocenters. The van der Waals surface area contributed by atoms with E-state index in [0.717, 1.165) is 36.5 Å². The van der Waals surface area contributed by atoms with Crippen LogP contribution < -0.4 is 4.90 Å². The molecule has 1 aliphatic heterocycles. The van der Waals surface area contributed by atoms with Crippen molar-refractivity contribution in [2.75, 3.05) is 11.4 Å². The normalized spacial score (nSPS) is 14.9. The van der Waals surface area contributed by atoms with Crippen molar-refractivity contribution in [3.05, 3.63) is 66.1 Å². The standard InChI is InChI=1S/C19H19N5O/c1-13(25)19-22-6-4-18(23-19)24-7-5-14-2-3-15(8-16(14)11-24)17-9-20-12-21-10-17/h2-4,6,8-10,12-13,25H,5,7,11H2,1H3. The zero-order chi connectivity index (χ0) is 17.2. The second-order valence-electron chi connectivity index (χ2n) is 6.23. The lowest BCUT2D eigenvalue weighted by molar-refractivity contribution is 0.189. The SMILES string of the molecule is CC(O)c1nccc(N2CCc3ccc(-c4cncnc4)cc3C2)n1. The Morgan fingerprint density at radius 2 is 1.92 bits per heavy atom. The zero-order valence-electron chi connectivity index (χ0n) is 14.0. The Morgan fingerprint density at radius 1 is 1.08 bits per heavy atom. The van der Waals surface area contributed by atoms with Gasteiger partial charge in [0.1, 0.15) is 18.2 Å². The molecule has 0 saturated carbocycles. The molecule has 1 atom stereocenters. The van der Waals surface area contributed by atoms with Gasteiger partial charge in [-0.25, -0.2) is 19.9 Å². The van der Waals surface area contributed by atoms with Gasteiger partial charge in [-0.05, 0) is 42.2 Å². The van der Waals surface area contributed by atoms with Gasteiger partial charge in [-0.1, -0.05) is 12.1 Å². The van der Waals surface area contributed by atoms with Crippen LogP contribution in [0, 0.1) is 0 Å². The Hall–Kier alpha value is -2.86. The minimum Gasteiger partial charge on any atom is -0.385 e. The summed E-state index contributed by atoms with van der Waals surface area (Å²) < 4.78 is 0. The quantitative estimate of drug-likeness (QED) is 0.794. The highest BCUT2D eigenvalue weighted by atomic mass is 16.3. The number of fused-ring (bicyclic) bond motifs is 1. The smallest absolute Gasteiger partial charge is 0.158 e. The van der Waals surface area contributed by atoms with Gasteiger partial charge >= 0.3 is 0 Å². The fourth-order valence-corrected chi connectivity index (χ4v) is 3.12. The molecule has 1 aliphatic rings. The highest BCUT2D eigenvalue weighted by Crippen LogP contribution is 2.27. The monoisotopic (exact) mass is 333 g/mol. The van der Waals surface area contributed by atoms with Crippen LogP contribution in [-0.4, -0.2) is 31.6 Å². The molecule has 0 saturated heterocycles. The number of benzene rings is 1. The van der Waals surface area contributed by atoms with Crippen LogP contribution in [0.1, 0.15) is 30.0 Å². The average Bonchev–Trinajstić information content (AvgIpc) is 2.68. The van der Waals surface area contributed by atoms with E-state index in [4.69, 9.17) is 0 Å². The minimum absolute atomic E-state index is 0.457. The predicted octanol–water partition coefficient (Wildman–Crippen LogP) is 2.55. The maximum absolute atomic E-state index is 9.71. The molecule has 0 fully saturated rings. The van der Waals surface area contributed by atoms with E-state index in [1.807, 2.05) is 18.5 Å². The van der Waals surface area contributed by atoms with Crippen LogP contribution in [0.5, 0.6) is 0 Å². The van der Waals surface area contributed by atoms with Gasteiger partial charge in [-0.3, -0.25) is 0 Å². The summed E-state index contributed by atoms with van der Waals surface area (Å²) in [5, 5.41) is 9.71. The number of rotatable bonds is 3. The molecular weight excluding hydrogens is 314 g/mol. The number of hydrogen-bond acceptors (Lipinski definition) is 6. The number of nitrogens with zero attached hydrogens (tertiary/aromatic N) is 5. The number of aliphatic hydroxyl groups is 1. The first-order valence-electron chi connectivity index (χ1n) is 8.34. The summed E-state index contributed by atoms with van der Waals surface area (Å²) in [5.74, 6) is 1.31. The lowest BCUT2D eigenvalue weighted by atomic mass is 9.95. The van der Waals surface area contributed by atoms with Gasteiger partial charge in [0.15, 0.2) is 5.82 Å². The molecule has 6 nitrogen and oxygen atoms in total. The second kappa shape index (κ2) is 6.57. The first-order chi connectivity index (χ1) is 12.2. The van der Waals surface area contributed by atoms with Crippen molar-refractivity contribution in [2.45, 2.75) is 26.0 Å². The summed E-state index contributed by atoms with van der Waals surface area (Å²) in [6.07, 6.45) is 7.20. The van der Waals surface area contributed by atoms with Gasteiger partial charge < -0.3 is 10.0 Å². The molecule has 3 heterocycles. The molecule has 1 aromatic carbocycles. The van der Waals surface area contributed by atoms with Crippen molar-refractivity contribution in [1.82, 2.24) is 19.9 Å². The van der Waals surface area contributed by atoms with Crippen LogP contribution in [0.4, 0.5) is 5.82 Å². The Morgan fingerprint density at radius 3 is 2.72 bits per heavy atom. The Bertz CT molecular complexity index is 882. The van der Waals surface area contributed by atoms with Gasteiger partial charge in [-0.2, -0.15) is 0 Å². The summed E-state index contributed by atoms with van der Waals surface area (Å²) in [6.45, 7) is 3.36. The number of hydrogen-bond donors (Lipinski definition) is 1. The molecule has 126 valence electrons. The van der Waals surface area contributed by atoms with E-state index in [2.05, 4.69) is 43.0 Å². The summed E-state index contributed by atoms with van der Waals surface area (Å²) in [7, 11) is 0. The summed E-state index contributed by atoms with van der Waals surface area (Å²) in [4.78, 5) is 19.0. The van der Waals surface area contributed by atoms with Gasteiger partial charge in [0.05, 0.1) is 0 Å². The molecule has 0 spiro atoms. The van der Waals surface area contributed by atoms with E-state index in [1.54, 1.807) is 19.4 Å². The Labute approximate surface area is 146 Å². The van der Waals surface area contributed by atoms with Crippen LogP contribution >= 0.6 is 0 Å². The molecule has 2 aromatic heterocycles. The summed E-state index contributed by atoms with van der Waals surface area (Å²) in [6, 6.07) is 8.42. The highest BCUT2D eigenvalue weighted by Gasteiger charge is 2.19. The third-order valence-electron chi connectivity index (χ3n) is 4.47. The molecule has 0 bridgehead atoms. The van der Waals surface area contributed by atoms with Crippen molar-refractivity contribution < 1.29 is 5.11 Å². The van der Waals surface area contributed by atoms with Crippen molar-refractivity contribution in [2.24, 2.45) is 0 Å². The van der Waals surface area contributed by atoms with E-state index in [-0.39, 0.29) is 0 Å². The van der Waals surface area contributed by atoms with Crippen LogP contribution in [0.3, 0.4) is 0 Å². The maximum Gasteiger partial charge on any atom is 0.158 e. The lowest BCUT2D eigenvalue weighted by Gasteiger charge is -2.30. The number of anilines is 1. The van der Waals surface area contributed by atoms with E-state index in [9.17, 15) is 5.11 Å². The van der Waals surface area contributed by atoms with Gasteiger partial charge in [-0.15, -0.1) is 0 Å². The number of aromatic nitrogens is 4. The summed E-state index contributed by atoms with van der Waals surface area (Å²) in [5.41, 5.74) is 4.78. The van der Waals surface area contributed by atoms with Crippen LogP contribution in [0.15, 0.2) is 49.2 Å². The largest absolute Gasteiger partial charge is 0.385 e. The van der Waals surface area contributed by atoms with Crippen molar-refractivity contribution in [1.29, 1.82) is 0 Å².